The van der Waals surface area contributed by atoms with Crippen LogP contribution >= 0.6 is 0 Å². The molecule has 10 nitrogen and oxygen atoms in total. The van der Waals surface area contributed by atoms with Crippen LogP contribution in [0.25, 0.3) is 0 Å². The van der Waals surface area contributed by atoms with Gasteiger partial charge in [0.25, 0.3) is 5.91 Å². The zero-order valence-electron chi connectivity index (χ0n) is 20.4. The summed E-state index contributed by atoms with van der Waals surface area (Å²) in [6, 6.07) is 5.33. The molecule has 0 bridgehead atoms. The second-order valence-electron chi connectivity index (χ2n) is 9.51. The Balaban J connectivity index is 1.83. The van der Waals surface area contributed by atoms with Gasteiger partial charge in [-0.15, -0.1) is 5.10 Å². The number of nitrogens with one attached hydrogen (secondary N) is 1. The van der Waals surface area contributed by atoms with E-state index < -0.39 is 20.3 Å². The van der Waals surface area contributed by atoms with Crippen LogP contribution in [0.1, 0.15) is 37.6 Å². The van der Waals surface area contributed by atoms with Crippen LogP contribution in [0.15, 0.2) is 24.4 Å². The minimum Gasteiger partial charge on any atom is -0.490 e. The lowest BCUT2D eigenvalue weighted by atomic mass is 9.86. The highest BCUT2D eigenvalue weighted by Gasteiger charge is 2.46. The molecule has 1 aliphatic heterocycles. The first-order valence-electron chi connectivity index (χ1n) is 11.6. The Morgan fingerprint density at radius 2 is 2.12 bits per heavy atom. The minimum atomic E-state index is -2.65. The lowest BCUT2D eigenvalue weighted by molar-refractivity contribution is -0.123. The van der Waals surface area contributed by atoms with Crippen molar-refractivity contribution in [1.82, 2.24) is 15.0 Å². The molecule has 1 amide bonds. The molecule has 4 N–H and O–H groups in total. The van der Waals surface area contributed by atoms with Crippen LogP contribution < -0.4 is 10.1 Å². The molecule has 1 aromatic carbocycles. The summed E-state index contributed by atoms with van der Waals surface area (Å²) in [6.45, 7) is 7.88. The summed E-state index contributed by atoms with van der Waals surface area (Å²) in [5.41, 5.74) is 2.00. The van der Waals surface area contributed by atoms with Crippen LogP contribution in [0.3, 0.4) is 0 Å². The molecule has 2 aromatic rings. The van der Waals surface area contributed by atoms with Crippen LogP contribution in [0.5, 0.6) is 5.75 Å². The number of methoxy groups -OCH3 is 1. The Kier molecular flexibility index (Phi) is 8.47. The smallest absolute Gasteiger partial charge is 0.252 e. The van der Waals surface area contributed by atoms with Crippen LogP contribution in [-0.2, 0) is 22.5 Å². The van der Waals surface area contributed by atoms with Crippen molar-refractivity contribution in [3.05, 3.63) is 35.7 Å². The SMILES string of the molecule is CO[C@@H]1c2cc(NC(=O)[C@H](C)O)ccc2O[C@H](C(CCn2cc(CCO)nn2)[Si](C)(C)O)[C@H]1C. The Morgan fingerprint density at radius 3 is 2.74 bits per heavy atom. The zero-order chi connectivity index (χ0) is 25.0. The fourth-order valence-corrected chi connectivity index (χ4v) is 6.58. The number of carbonyl (C=O) groups is 1. The predicted molar refractivity (Wildman–Crippen MR) is 129 cm³/mol. The highest BCUT2D eigenvalue weighted by atomic mass is 28.4. The molecule has 0 saturated carbocycles. The maximum Gasteiger partial charge on any atom is 0.252 e. The molecule has 0 spiro atoms. The molecule has 1 unspecified atom stereocenters. The van der Waals surface area contributed by atoms with E-state index in [4.69, 9.17) is 14.6 Å². The lowest BCUT2D eigenvalue weighted by Crippen LogP contribution is -2.48. The summed E-state index contributed by atoms with van der Waals surface area (Å²) in [5.74, 6) is 0.101. The maximum atomic E-state index is 11.9. The van der Waals surface area contributed by atoms with Gasteiger partial charge in [-0.05, 0) is 44.6 Å². The summed E-state index contributed by atoms with van der Waals surface area (Å²) < 4.78 is 14.1. The molecular weight excluding hydrogens is 456 g/mol. The topological polar surface area (TPSA) is 139 Å². The average Bonchev–Trinajstić information content (AvgIpc) is 3.21. The van der Waals surface area contributed by atoms with Crippen molar-refractivity contribution >= 4 is 19.9 Å². The number of hydrogen-bond donors (Lipinski definition) is 4. The van der Waals surface area contributed by atoms with Gasteiger partial charge in [0.2, 0.25) is 0 Å². The highest BCUT2D eigenvalue weighted by molar-refractivity contribution is 6.71. The molecule has 11 heteroatoms. The summed E-state index contributed by atoms with van der Waals surface area (Å²) in [6.07, 6.45) is 1.25. The van der Waals surface area contributed by atoms with E-state index in [1.54, 1.807) is 23.9 Å². The summed E-state index contributed by atoms with van der Waals surface area (Å²) in [5, 5.41) is 29.5. The second kappa shape index (κ2) is 11.0. The number of amides is 1. The molecule has 3 rings (SSSR count). The van der Waals surface area contributed by atoms with Gasteiger partial charge in [-0.2, -0.15) is 0 Å². The van der Waals surface area contributed by atoms with E-state index in [0.29, 0.717) is 30.8 Å². The summed E-state index contributed by atoms with van der Waals surface area (Å²) in [7, 11) is -1.01. The third kappa shape index (κ3) is 6.02. The maximum absolute atomic E-state index is 11.9. The largest absolute Gasteiger partial charge is 0.490 e. The molecular formula is C23H36N4O6Si. The Bertz CT molecular complexity index is 977. The zero-order valence-corrected chi connectivity index (χ0v) is 21.4. The van der Waals surface area contributed by atoms with Crippen molar-refractivity contribution in [3.8, 4) is 5.75 Å². The van der Waals surface area contributed by atoms with Crippen molar-refractivity contribution < 1.29 is 29.3 Å². The standard InChI is InChI=1S/C23H36N4O6Si/c1-14-21(32-3)18-12-16(24-23(30)15(2)29)6-7-19(18)33-22(14)20(34(4,5)31)8-10-27-13-17(9-11-28)25-26-27/h6-7,12-15,20-22,28-29,31H,8-11H2,1-5H3,(H,24,30)/t14-,15-,20?,21-,22-/m0/s1. The van der Waals surface area contributed by atoms with Crippen LogP contribution in [0, 0.1) is 5.92 Å². The van der Waals surface area contributed by atoms with Gasteiger partial charge in [0, 0.05) is 55.6 Å². The first-order chi connectivity index (χ1) is 16.0. The molecule has 5 atom stereocenters. The van der Waals surface area contributed by atoms with Gasteiger partial charge in [-0.3, -0.25) is 9.48 Å². The van der Waals surface area contributed by atoms with Gasteiger partial charge in [0.1, 0.15) is 18.0 Å². The van der Waals surface area contributed by atoms with Crippen LogP contribution in [-0.4, -0.2) is 70.2 Å². The minimum absolute atomic E-state index is 0.0214. The quantitative estimate of drug-likeness (QED) is 0.369. The first-order valence-corrected chi connectivity index (χ1v) is 14.6. The average molecular weight is 493 g/mol. The third-order valence-corrected chi connectivity index (χ3v) is 8.84. The molecule has 0 aliphatic carbocycles. The number of aliphatic hydroxyl groups excluding tert-OH is 2. The molecule has 2 heterocycles. The first kappa shape index (κ1) is 26.3. The number of aromatic nitrogens is 3. The Morgan fingerprint density at radius 1 is 1.38 bits per heavy atom. The van der Waals surface area contributed by atoms with Gasteiger partial charge in [0.15, 0.2) is 8.32 Å². The molecule has 34 heavy (non-hydrogen) atoms. The number of ether oxygens (including phenoxy) is 2. The van der Waals surface area contributed by atoms with E-state index in [-0.39, 0.29) is 30.3 Å². The number of rotatable bonds is 10. The van der Waals surface area contributed by atoms with E-state index in [1.807, 2.05) is 32.3 Å². The Hall–Kier alpha value is -2.31. The highest BCUT2D eigenvalue weighted by Crippen LogP contribution is 2.47. The second-order valence-corrected chi connectivity index (χ2v) is 13.6. The lowest BCUT2D eigenvalue weighted by Gasteiger charge is -2.43. The molecule has 1 aromatic heterocycles. The third-order valence-electron chi connectivity index (χ3n) is 6.40. The Labute approximate surface area is 201 Å². The number of carbonyl (C=O) groups excluding carboxylic acids is 1. The molecule has 0 radical (unpaired) electrons. The molecule has 188 valence electrons. The van der Waals surface area contributed by atoms with Crippen molar-refractivity contribution in [2.75, 3.05) is 19.0 Å². The fraction of sp³-hybridized carbons (Fsp3) is 0.609. The van der Waals surface area contributed by atoms with Crippen molar-refractivity contribution in [2.24, 2.45) is 5.92 Å². The summed E-state index contributed by atoms with van der Waals surface area (Å²) >= 11 is 0. The van der Waals surface area contributed by atoms with Gasteiger partial charge >= 0.3 is 0 Å². The van der Waals surface area contributed by atoms with E-state index >= 15 is 0 Å². The number of benzene rings is 1. The van der Waals surface area contributed by atoms with Crippen molar-refractivity contribution in [1.29, 1.82) is 0 Å². The van der Waals surface area contributed by atoms with E-state index in [1.165, 1.54) is 6.92 Å². The fourth-order valence-electron chi connectivity index (χ4n) is 4.57. The van der Waals surface area contributed by atoms with E-state index in [0.717, 1.165) is 11.3 Å². The number of nitrogens with zero attached hydrogens (tertiary/aromatic N) is 3. The van der Waals surface area contributed by atoms with E-state index in [2.05, 4.69) is 15.6 Å². The van der Waals surface area contributed by atoms with Crippen molar-refractivity contribution in [2.45, 2.75) is 70.2 Å². The van der Waals surface area contributed by atoms with E-state index in [9.17, 15) is 14.7 Å². The van der Waals surface area contributed by atoms with Crippen LogP contribution in [0.2, 0.25) is 18.6 Å². The number of anilines is 1. The number of hydrogen-bond acceptors (Lipinski definition) is 8. The summed E-state index contributed by atoms with van der Waals surface area (Å²) in [4.78, 5) is 23.1. The van der Waals surface area contributed by atoms with Crippen LogP contribution in [0.4, 0.5) is 5.69 Å². The van der Waals surface area contributed by atoms with Crippen molar-refractivity contribution in [3.63, 3.8) is 0 Å². The van der Waals surface area contributed by atoms with Gasteiger partial charge < -0.3 is 29.8 Å². The normalized spacial score (nSPS) is 21.9. The van der Waals surface area contributed by atoms with Gasteiger partial charge in [-0.25, -0.2) is 0 Å². The van der Waals surface area contributed by atoms with Gasteiger partial charge in [-0.1, -0.05) is 12.1 Å². The predicted octanol–water partition coefficient (Wildman–Crippen LogP) is 1.87. The monoisotopic (exact) mass is 492 g/mol. The number of fused-ring (bicyclic) bond motifs is 1. The number of aryl methyl sites for hydroxylation is 1. The molecule has 1 aliphatic rings. The molecule has 0 fully saturated rings. The molecule has 0 saturated heterocycles. The van der Waals surface area contributed by atoms with Gasteiger partial charge in [0.05, 0.1) is 11.8 Å². The number of aliphatic hydroxyl groups is 2.